The molecule has 0 aliphatic heterocycles. The van der Waals surface area contributed by atoms with Crippen LogP contribution in [0.15, 0.2) is 47.4 Å². The number of hydrogen-bond donors (Lipinski definition) is 2. The van der Waals surface area contributed by atoms with Gasteiger partial charge in [-0.15, -0.1) is 0 Å². The molecule has 8 heteroatoms. The van der Waals surface area contributed by atoms with Crippen molar-refractivity contribution in [3.8, 4) is 0 Å². The molecule has 0 aliphatic carbocycles. The van der Waals surface area contributed by atoms with Crippen molar-refractivity contribution in [3.05, 3.63) is 59.2 Å². The molecule has 29 heavy (non-hydrogen) atoms. The molecule has 0 aromatic heterocycles. The molecule has 0 bridgehead atoms. The van der Waals surface area contributed by atoms with E-state index in [-0.39, 0.29) is 16.5 Å². The van der Waals surface area contributed by atoms with Gasteiger partial charge in [-0.1, -0.05) is 45.9 Å². The van der Waals surface area contributed by atoms with Gasteiger partial charge in [0.25, 0.3) is 5.91 Å². The molecule has 0 saturated heterocycles. The van der Waals surface area contributed by atoms with Gasteiger partial charge in [-0.3, -0.25) is 4.79 Å². The number of rotatable bonds is 7. The van der Waals surface area contributed by atoms with Crippen LogP contribution in [-0.2, 0) is 19.6 Å². The summed E-state index contributed by atoms with van der Waals surface area (Å²) in [5, 5.41) is 7.56. The number of nitrogens with one attached hydrogen (secondary N) is 1. The van der Waals surface area contributed by atoms with Crippen LogP contribution in [0.3, 0.4) is 0 Å². The predicted molar refractivity (Wildman–Crippen MR) is 111 cm³/mol. The van der Waals surface area contributed by atoms with Crippen molar-refractivity contribution in [2.24, 2.45) is 5.14 Å². The predicted octanol–water partition coefficient (Wildman–Crippen LogP) is 3.38. The molecule has 0 heterocycles. The van der Waals surface area contributed by atoms with E-state index in [2.05, 4.69) is 19.2 Å². The smallest absolute Gasteiger partial charge is 0.338 e. The van der Waals surface area contributed by atoms with Crippen molar-refractivity contribution < 1.29 is 22.7 Å². The topological polar surface area (TPSA) is 116 Å². The summed E-state index contributed by atoms with van der Waals surface area (Å²) >= 11 is 0. The first kappa shape index (κ1) is 22.6. The van der Waals surface area contributed by atoms with Crippen LogP contribution in [0, 0.1) is 0 Å². The first-order valence-electron chi connectivity index (χ1n) is 9.22. The van der Waals surface area contributed by atoms with Gasteiger partial charge >= 0.3 is 5.97 Å². The molecule has 0 radical (unpaired) electrons. The Bertz CT molecular complexity index is 1010. The van der Waals surface area contributed by atoms with Crippen LogP contribution in [0.2, 0.25) is 0 Å². The van der Waals surface area contributed by atoms with Crippen LogP contribution in [0.25, 0.3) is 0 Å². The maximum Gasteiger partial charge on any atom is 0.338 e. The summed E-state index contributed by atoms with van der Waals surface area (Å²) < 4.78 is 27.9. The van der Waals surface area contributed by atoms with E-state index >= 15 is 0 Å². The lowest BCUT2D eigenvalue weighted by Crippen LogP contribution is -2.22. The highest BCUT2D eigenvalue weighted by Crippen LogP contribution is 2.25. The first-order chi connectivity index (χ1) is 13.5. The van der Waals surface area contributed by atoms with Crippen molar-refractivity contribution >= 4 is 27.6 Å². The Morgan fingerprint density at radius 1 is 1.03 bits per heavy atom. The highest BCUT2D eigenvalue weighted by molar-refractivity contribution is 7.89. The Labute approximate surface area is 171 Å². The molecule has 0 spiro atoms. The Morgan fingerprint density at radius 3 is 2.31 bits per heavy atom. The fraction of sp³-hybridized carbons (Fsp3) is 0.333. The van der Waals surface area contributed by atoms with E-state index in [1.54, 1.807) is 6.07 Å². The van der Waals surface area contributed by atoms with Gasteiger partial charge in [0.15, 0.2) is 6.61 Å². The fourth-order valence-electron chi connectivity index (χ4n) is 2.76. The summed E-state index contributed by atoms with van der Waals surface area (Å²) in [6, 6.07) is 11.1. The second-order valence-corrected chi connectivity index (χ2v) is 8.91. The zero-order valence-electron chi connectivity index (χ0n) is 16.9. The number of ether oxygens (including phenoxy) is 1. The third kappa shape index (κ3) is 6.13. The minimum atomic E-state index is -3.88. The van der Waals surface area contributed by atoms with Gasteiger partial charge in [0, 0.05) is 5.69 Å². The molecule has 2 aromatic rings. The van der Waals surface area contributed by atoms with E-state index in [0.717, 1.165) is 11.1 Å². The van der Waals surface area contributed by atoms with Gasteiger partial charge in [-0.05, 0) is 47.2 Å². The van der Waals surface area contributed by atoms with Crippen molar-refractivity contribution in [1.82, 2.24) is 0 Å². The van der Waals surface area contributed by atoms with E-state index in [4.69, 9.17) is 9.88 Å². The Kier molecular flexibility index (Phi) is 7.16. The average molecular weight is 419 g/mol. The summed E-state index contributed by atoms with van der Waals surface area (Å²) in [7, 11) is -3.88. The Balaban J connectivity index is 2.07. The fourth-order valence-corrected chi connectivity index (χ4v) is 3.32. The van der Waals surface area contributed by atoms with Crippen molar-refractivity contribution in [3.63, 3.8) is 0 Å². The number of hydrogen-bond acceptors (Lipinski definition) is 5. The number of sulfonamides is 1. The van der Waals surface area contributed by atoms with E-state index in [9.17, 15) is 18.0 Å². The van der Waals surface area contributed by atoms with Crippen molar-refractivity contribution in [1.29, 1.82) is 0 Å². The number of carbonyl (C=O) groups excluding carboxylic acids is 2. The number of esters is 1. The lowest BCUT2D eigenvalue weighted by molar-refractivity contribution is -0.119. The van der Waals surface area contributed by atoms with Gasteiger partial charge in [0.1, 0.15) is 0 Å². The van der Waals surface area contributed by atoms with Crippen LogP contribution >= 0.6 is 0 Å². The number of benzene rings is 2. The first-order valence-corrected chi connectivity index (χ1v) is 10.8. The quantitative estimate of drug-likeness (QED) is 0.669. The van der Waals surface area contributed by atoms with Crippen LogP contribution in [-0.4, -0.2) is 26.9 Å². The molecule has 0 unspecified atom stereocenters. The standard InChI is InChI=1S/C21H26N2O5S/c1-13(2)15-8-9-18(19(10-15)14(3)4)21(25)28-12-20(24)23-16-6-5-7-17(11-16)29(22,26)27/h5-11,13-14H,12H2,1-4H3,(H,23,24)(H2,22,26,27). The summed E-state index contributed by atoms with van der Waals surface area (Å²) in [4.78, 5) is 24.5. The molecular weight excluding hydrogens is 392 g/mol. The van der Waals surface area contributed by atoms with Gasteiger partial charge in [0.2, 0.25) is 10.0 Å². The van der Waals surface area contributed by atoms with E-state index < -0.39 is 28.5 Å². The highest BCUT2D eigenvalue weighted by Gasteiger charge is 2.18. The summed E-state index contributed by atoms with van der Waals surface area (Å²) in [6.07, 6.45) is 0. The van der Waals surface area contributed by atoms with Gasteiger partial charge in [-0.2, -0.15) is 0 Å². The third-order valence-electron chi connectivity index (χ3n) is 4.36. The summed E-state index contributed by atoms with van der Waals surface area (Å²) in [5.41, 5.74) is 2.65. The number of amides is 1. The monoisotopic (exact) mass is 418 g/mol. The zero-order valence-corrected chi connectivity index (χ0v) is 17.7. The molecule has 0 saturated carbocycles. The van der Waals surface area contributed by atoms with Crippen LogP contribution in [0.5, 0.6) is 0 Å². The second kappa shape index (κ2) is 9.19. The average Bonchev–Trinajstić information content (AvgIpc) is 2.65. The van der Waals surface area contributed by atoms with Crippen LogP contribution in [0.4, 0.5) is 5.69 Å². The minimum absolute atomic E-state index is 0.117. The molecule has 0 fully saturated rings. The van der Waals surface area contributed by atoms with E-state index in [1.165, 1.54) is 24.3 Å². The lowest BCUT2D eigenvalue weighted by atomic mass is 9.91. The molecule has 0 atom stereocenters. The van der Waals surface area contributed by atoms with Gasteiger partial charge in [-0.25, -0.2) is 18.4 Å². The molecule has 2 aromatic carbocycles. The summed E-state index contributed by atoms with van der Waals surface area (Å²) in [6.45, 7) is 7.63. The zero-order chi connectivity index (χ0) is 21.8. The molecule has 2 rings (SSSR count). The minimum Gasteiger partial charge on any atom is -0.452 e. The van der Waals surface area contributed by atoms with E-state index in [1.807, 2.05) is 26.0 Å². The van der Waals surface area contributed by atoms with E-state index in [0.29, 0.717) is 11.5 Å². The molecule has 0 aliphatic rings. The Morgan fingerprint density at radius 2 is 1.72 bits per heavy atom. The summed E-state index contributed by atoms with van der Waals surface area (Å²) in [5.74, 6) is -0.727. The van der Waals surface area contributed by atoms with Crippen LogP contribution < -0.4 is 10.5 Å². The molecule has 3 N–H and O–H groups in total. The highest BCUT2D eigenvalue weighted by atomic mass is 32.2. The van der Waals surface area contributed by atoms with Gasteiger partial charge < -0.3 is 10.1 Å². The maximum absolute atomic E-state index is 12.5. The maximum atomic E-state index is 12.5. The normalized spacial score (nSPS) is 11.6. The lowest BCUT2D eigenvalue weighted by Gasteiger charge is -2.15. The van der Waals surface area contributed by atoms with Crippen LogP contribution in [0.1, 0.15) is 61.0 Å². The largest absolute Gasteiger partial charge is 0.452 e. The molecule has 156 valence electrons. The number of primary sulfonamides is 1. The molecular formula is C21H26N2O5S. The third-order valence-corrected chi connectivity index (χ3v) is 5.28. The second-order valence-electron chi connectivity index (χ2n) is 7.35. The SMILES string of the molecule is CC(C)c1ccc(C(=O)OCC(=O)Nc2cccc(S(N)(=O)=O)c2)c(C(C)C)c1. The number of carbonyl (C=O) groups is 2. The molecule has 7 nitrogen and oxygen atoms in total. The molecule has 1 amide bonds. The number of anilines is 1. The van der Waals surface area contributed by atoms with Crippen molar-refractivity contribution in [2.45, 2.75) is 44.4 Å². The Hall–Kier alpha value is -2.71. The van der Waals surface area contributed by atoms with Crippen molar-refractivity contribution in [2.75, 3.05) is 11.9 Å². The number of nitrogens with two attached hydrogens (primary N) is 1. The van der Waals surface area contributed by atoms with Gasteiger partial charge in [0.05, 0.1) is 10.5 Å².